The Balaban J connectivity index is 2.05. The lowest BCUT2D eigenvalue weighted by Gasteiger charge is -2.11. The summed E-state index contributed by atoms with van der Waals surface area (Å²) in [4.78, 5) is 12.9. The molecule has 0 spiro atoms. The van der Waals surface area contributed by atoms with Crippen LogP contribution < -0.4 is 5.73 Å². The number of imidazole rings is 1. The van der Waals surface area contributed by atoms with E-state index < -0.39 is 0 Å². The molecular formula is C13H13N5. The van der Waals surface area contributed by atoms with Gasteiger partial charge in [0.15, 0.2) is 17.3 Å². The molecule has 18 heavy (non-hydrogen) atoms. The smallest absolute Gasteiger partial charge is 0.166 e. The Morgan fingerprint density at radius 3 is 2.72 bits per heavy atom. The maximum atomic E-state index is 5.80. The number of hydrogen-bond donors (Lipinski definition) is 1. The first-order valence-electron chi connectivity index (χ1n) is 5.73. The van der Waals surface area contributed by atoms with Crippen molar-refractivity contribution in [3.05, 3.63) is 48.0 Å². The molecule has 90 valence electrons. The van der Waals surface area contributed by atoms with Crippen LogP contribution in [-0.2, 0) is 6.54 Å². The molecule has 5 nitrogen and oxygen atoms in total. The quantitative estimate of drug-likeness (QED) is 0.739. The molecule has 2 heterocycles. The van der Waals surface area contributed by atoms with E-state index in [-0.39, 0.29) is 0 Å². The van der Waals surface area contributed by atoms with Gasteiger partial charge in [-0.15, -0.1) is 0 Å². The van der Waals surface area contributed by atoms with Gasteiger partial charge in [-0.25, -0.2) is 15.0 Å². The molecule has 5 heteroatoms. The predicted molar refractivity (Wildman–Crippen MR) is 69.1 cm³/mol. The largest absolute Gasteiger partial charge is 0.382 e. The monoisotopic (exact) mass is 239 g/mol. The highest BCUT2D eigenvalue weighted by Gasteiger charge is 2.16. The molecule has 0 aliphatic carbocycles. The van der Waals surface area contributed by atoms with Crippen LogP contribution in [0.2, 0.25) is 0 Å². The van der Waals surface area contributed by atoms with Crippen molar-refractivity contribution in [3.8, 4) is 11.5 Å². The predicted octanol–water partition coefficient (Wildman–Crippen LogP) is 1.72. The number of nitrogens with zero attached hydrogens (tertiary/aromatic N) is 4. The van der Waals surface area contributed by atoms with Gasteiger partial charge in [-0.3, -0.25) is 0 Å². The maximum Gasteiger partial charge on any atom is 0.166 e. The van der Waals surface area contributed by atoms with Crippen LogP contribution in [0.3, 0.4) is 0 Å². The highest BCUT2D eigenvalue weighted by Crippen LogP contribution is 2.23. The minimum Gasteiger partial charge on any atom is -0.382 e. The van der Waals surface area contributed by atoms with E-state index in [9.17, 15) is 0 Å². The fourth-order valence-corrected chi connectivity index (χ4v) is 1.96. The molecule has 1 aromatic carbocycles. The SMILES string of the molecule is Cc1nc2c(N)ncn(Cc3ccccc3)c-2n1. The molecule has 0 fully saturated rings. The molecule has 0 amide bonds. The van der Waals surface area contributed by atoms with Crippen molar-refractivity contribution in [2.75, 3.05) is 5.73 Å². The number of fused-ring (bicyclic) bond motifs is 1. The number of hydrogen-bond acceptors (Lipinski definition) is 4. The van der Waals surface area contributed by atoms with Crippen LogP contribution in [-0.4, -0.2) is 19.5 Å². The van der Waals surface area contributed by atoms with Crippen LogP contribution in [0, 0.1) is 6.92 Å². The summed E-state index contributed by atoms with van der Waals surface area (Å²) in [6.07, 6.45) is 1.71. The van der Waals surface area contributed by atoms with Gasteiger partial charge < -0.3 is 10.3 Å². The van der Waals surface area contributed by atoms with E-state index in [4.69, 9.17) is 5.73 Å². The zero-order chi connectivity index (χ0) is 12.5. The lowest BCUT2D eigenvalue weighted by atomic mass is 10.2. The molecule has 0 bridgehead atoms. The van der Waals surface area contributed by atoms with Crippen molar-refractivity contribution < 1.29 is 0 Å². The van der Waals surface area contributed by atoms with E-state index >= 15 is 0 Å². The van der Waals surface area contributed by atoms with E-state index in [1.165, 1.54) is 5.56 Å². The molecule has 1 aromatic rings. The summed E-state index contributed by atoms with van der Waals surface area (Å²) < 4.78 is 1.96. The normalized spacial score (nSPS) is 10.9. The Morgan fingerprint density at radius 1 is 1.17 bits per heavy atom. The first kappa shape index (κ1) is 10.7. The Kier molecular flexibility index (Phi) is 2.44. The summed E-state index contributed by atoms with van der Waals surface area (Å²) in [5.41, 5.74) is 7.67. The van der Waals surface area contributed by atoms with Gasteiger partial charge in [-0.2, -0.15) is 0 Å². The van der Waals surface area contributed by atoms with Crippen LogP contribution in [0.15, 0.2) is 36.7 Å². The van der Waals surface area contributed by atoms with Gasteiger partial charge in [-0.05, 0) is 12.5 Å². The lowest BCUT2D eigenvalue weighted by Crippen LogP contribution is -2.09. The molecule has 3 rings (SSSR count). The Labute approximate surface area is 105 Å². The van der Waals surface area contributed by atoms with Crippen molar-refractivity contribution in [3.63, 3.8) is 0 Å². The fraction of sp³-hybridized carbons (Fsp3) is 0.154. The summed E-state index contributed by atoms with van der Waals surface area (Å²) in [7, 11) is 0. The van der Waals surface area contributed by atoms with E-state index in [0.29, 0.717) is 23.9 Å². The molecule has 2 aliphatic rings. The summed E-state index contributed by atoms with van der Waals surface area (Å²) in [6, 6.07) is 10.2. The topological polar surface area (TPSA) is 69.6 Å². The Hall–Kier alpha value is -2.43. The lowest BCUT2D eigenvalue weighted by molar-refractivity contribution is 0.762. The molecule has 2 N–H and O–H groups in total. The maximum absolute atomic E-state index is 5.80. The summed E-state index contributed by atoms with van der Waals surface area (Å²) in [5, 5.41) is 0. The summed E-state index contributed by atoms with van der Waals surface area (Å²) in [6.45, 7) is 2.56. The molecule has 0 atom stereocenters. The van der Waals surface area contributed by atoms with E-state index in [0.717, 1.165) is 5.82 Å². The first-order chi connectivity index (χ1) is 8.74. The highest BCUT2D eigenvalue weighted by atomic mass is 15.2. The second kappa shape index (κ2) is 4.10. The van der Waals surface area contributed by atoms with Crippen LogP contribution >= 0.6 is 0 Å². The molecule has 0 unspecified atom stereocenters. The summed E-state index contributed by atoms with van der Waals surface area (Å²) in [5.74, 6) is 1.92. The van der Waals surface area contributed by atoms with Gasteiger partial charge in [-0.1, -0.05) is 30.3 Å². The highest BCUT2D eigenvalue weighted by molar-refractivity contribution is 5.65. The number of nitrogen functional groups attached to an aromatic ring is 1. The van der Waals surface area contributed by atoms with Gasteiger partial charge in [0.1, 0.15) is 5.82 Å². The van der Waals surface area contributed by atoms with Crippen molar-refractivity contribution in [2.24, 2.45) is 0 Å². The number of rotatable bonds is 2. The van der Waals surface area contributed by atoms with Crippen molar-refractivity contribution in [2.45, 2.75) is 13.5 Å². The van der Waals surface area contributed by atoms with Crippen LogP contribution in [0.1, 0.15) is 11.4 Å². The molecule has 2 aliphatic heterocycles. The van der Waals surface area contributed by atoms with Crippen molar-refractivity contribution in [1.29, 1.82) is 0 Å². The number of benzene rings is 1. The van der Waals surface area contributed by atoms with Crippen LogP contribution in [0.25, 0.3) is 11.5 Å². The molecule has 0 saturated heterocycles. The van der Waals surface area contributed by atoms with Gasteiger partial charge in [0.05, 0.1) is 12.9 Å². The van der Waals surface area contributed by atoms with Crippen LogP contribution in [0.4, 0.5) is 5.82 Å². The Bertz CT molecular complexity index is 644. The number of nitrogens with two attached hydrogens (primary N) is 1. The first-order valence-corrected chi connectivity index (χ1v) is 5.73. The zero-order valence-electron chi connectivity index (χ0n) is 10.0. The van der Waals surface area contributed by atoms with E-state index in [1.54, 1.807) is 6.33 Å². The minimum atomic E-state index is 0.426. The van der Waals surface area contributed by atoms with Gasteiger partial charge in [0, 0.05) is 0 Å². The van der Waals surface area contributed by atoms with Crippen LogP contribution in [0.5, 0.6) is 0 Å². The second-order valence-electron chi connectivity index (χ2n) is 4.19. The average Bonchev–Trinajstić information content (AvgIpc) is 2.77. The number of aryl methyl sites for hydroxylation is 1. The second-order valence-corrected chi connectivity index (χ2v) is 4.19. The molecule has 0 saturated carbocycles. The minimum absolute atomic E-state index is 0.426. The third-order valence-electron chi connectivity index (χ3n) is 2.80. The molecule has 0 radical (unpaired) electrons. The zero-order valence-corrected chi connectivity index (χ0v) is 10.0. The van der Waals surface area contributed by atoms with Crippen molar-refractivity contribution in [1.82, 2.24) is 19.5 Å². The number of anilines is 1. The van der Waals surface area contributed by atoms with Gasteiger partial charge >= 0.3 is 0 Å². The van der Waals surface area contributed by atoms with E-state index in [2.05, 4.69) is 27.1 Å². The van der Waals surface area contributed by atoms with E-state index in [1.807, 2.05) is 29.7 Å². The molecular weight excluding hydrogens is 226 g/mol. The van der Waals surface area contributed by atoms with Gasteiger partial charge in [0.2, 0.25) is 0 Å². The Morgan fingerprint density at radius 2 is 1.94 bits per heavy atom. The molecule has 0 aromatic heterocycles. The third-order valence-corrected chi connectivity index (χ3v) is 2.80. The average molecular weight is 239 g/mol. The fourth-order valence-electron chi connectivity index (χ4n) is 1.96. The van der Waals surface area contributed by atoms with Crippen molar-refractivity contribution >= 4 is 5.82 Å². The standard InChI is InChI=1S/C13H13N5/c1-9-16-11-12(14)15-8-18(13(11)17-9)7-10-5-3-2-4-6-10/h2-6,8H,7,14H2,1H3. The number of aromatic nitrogens is 4. The van der Waals surface area contributed by atoms with Gasteiger partial charge in [0.25, 0.3) is 0 Å². The third kappa shape index (κ3) is 1.79. The summed E-state index contributed by atoms with van der Waals surface area (Å²) >= 11 is 0.